The van der Waals surface area contributed by atoms with E-state index < -0.39 is 5.97 Å². The van der Waals surface area contributed by atoms with Crippen molar-refractivity contribution in [2.45, 2.75) is 51.4 Å². The monoisotopic (exact) mass is 359 g/mol. The molecule has 0 bridgehead atoms. The average molecular weight is 359 g/mol. The number of fused-ring (bicyclic) bond motifs is 1. The summed E-state index contributed by atoms with van der Waals surface area (Å²) in [5.74, 6) is -0.397. The van der Waals surface area contributed by atoms with Crippen molar-refractivity contribution in [3.8, 4) is 0 Å². The topological polar surface area (TPSA) is 77.2 Å². The quantitative estimate of drug-likeness (QED) is 0.618. The molecular weight excluding hydrogens is 334 g/mol. The van der Waals surface area contributed by atoms with Crippen LogP contribution in [0, 0.1) is 0 Å². The number of benzene rings is 1. The van der Waals surface area contributed by atoms with Crippen LogP contribution in [0.2, 0.25) is 0 Å². The van der Waals surface area contributed by atoms with Gasteiger partial charge in [-0.05, 0) is 31.0 Å². The van der Waals surface area contributed by atoms with Gasteiger partial charge in [0.25, 0.3) is 0 Å². The molecule has 134 valence electrons. The molecule has 25 heavy (non-hydrogen) atoms. The molecule has 1 aliphatic carbocycles. The second-order valence-corrected chi connectivity index (χ2v) is 8.88. The van der Waals surface area contributed by atoms with E-state index in [0.29, 0.717) is 11.3 Å². The van der Waals surface area contributed by atoms with Crippen molar-refractivity contribution >= 4 is 33.8 Å². The summed E-state index contributed by atoms with van der Waals surface area (Å²) >= 11 is 1.69. The Kier molecular flexibility index (Phi) is 4.27. The Morgan fingerprint density at radius 2 is 1.92 bits per heavy atom. The number of nitrogen functional groups attached to an aromatic ring is 1. The summed E-state index contributed by atoms with van der Waals surface area (Å²) in [5.41, 5.74) is 9.18. The number of thiazole rings is 1. The zero-order valence-electron chi connectivity index (χ0n) is 15.4. The van der Waals surface area contributed by atoms with Crippen LogP contribution in [0.25, 0.3) is 0 Å². The van der Waals surface area contributed by atoms with Crippen LogP contribution in [0.1, 0.15) is 61.5 Å². The van der Waals surface area contributed by atoms with Crippen molar-refractivity contribution in [2.75, 3.05) is 18.2 Å². The van der Waals surface area contributed by atoms with Crippen LogP contribution in [-0.2, 0) is 15.6 Å². The van der Waals surface area contributed by atoms with E-state index in [1.165, 1.54) is 17.7 Å². The Hall–Kier alpha value is -2.08. The largest absolute Gasteiger partial charge is 0.465 e. The first-order valence-electron chi connectivity index (χ1n) is 8.41. The second kappa shape index (κ2) is 6.02. The zero-order valence-corrected chi connectivity index (χ0v) is 16.2. The molecule has 2 aromatic rings. The highest BCUT2D eigenvalue weighted by molar-refractivity contribution is 7.16. The molecule has 1 heterocycles. The molecule has 0 aliphatic heterocycles. The molecule has 1 aliphatic rings. The van der Waals surface area contributed by atoms with E-state index in [9.17, 15) is 4.79 Å². The molecule has 0 saturated heterocycles. The lowest BCUT2D eigenvalue weighted by Crippen LogP contribution is -2.32. The van der Waals surface area contributed by atoms with E-state index in [1.54, 1.807) is 29.5 Å². The van der Waals surface area contributed by atoms with E-state index in [4.69, 9.17) is 15.5 Å². The molecule has 6 heteroatoms. The summed E-state index contributed by atoms with van der Waals surface area (Å²) in [5, 5.41) is 4.16. The van der Waals surface area contributed by atoms with Crippen LogP contribution in [0.5, 0.6) is 0 Å². The number of hydrogen-bond acceptors (Lipinski definition) is 6. The third kappa shape index (κ3) is 3.23. The normalized spacial score (nSPS) is 17.6. The number of aromatic nitrogens is 1. The van der Waals surface area contributed by atoms with Gasteiger partial charge in [-0.3, -0.25) is 0 Å². The lowest BCUT2D eigenvalue weighted by molar-refractivity contribution is 0.0601. The summed E-state index contributed by atoms with van der Waals surface area (Å²) in [6.45, 7) is 9.07. The predicted molar refractivity (Wildman–Crippen MR) is 103 cm³/mol. The number of carbonyl (C=O) groups is 1. The van der Waals surface area contributed by atoms with Crippen LogP contribution in [0.4, 0.5) is 16.5 Å². The zero-order chi connectivity index (χ0) is 18.4. The molecule has 0 fully saturated rings. The molecule has 3 N–H and O–H groups in total. The molecule has 1 aromatic heterocycles. The standard InChI is InChI=1S/C19H25N3O2S/c1-18(2)8-9-19(3,4)15-14(18)22-17(25-15)21-13-7-6-11(10-12(13)20)16(23)24-5/h6-7,10H,8-9,20H2,1-5H3,(H,21,22). The number of nitrogens with one attached hydrogen (secondary N) is 1. The van der Waals surface area contributed by atoms with Crippen molar-refractivity contribution in [3.63, 3.8) is 0 Å². The Morgan fingerprint density at radius 1 is 1.24 bits per heavy atom. The fourth-order valence-corrected chi connectivity index (χ4v) is 4.47. The Morgan fingerprint density at radius 3 is 2.52 bits per heavy atom. The van der Waals surface area contributed by atoms with Crippen molar-refractivity contribution in [3.05, 3.63) is 34.3 Å². The maximum Gasteiger partial charge on any atom is 0.337 e. The molecule has 0 saturated carbocycles. The fraction of sp³-hybridized carbons (Fsp3) is 0.474. The number of nitrogens with two attached hydrogens (primary N) is 1. The van der Waals surface area contributed by atoms with Crippen LogP contribution in [0.15, 0.2) is 18.2 Å². The molecular formula is C19H25N3O2S. The molecule has 0 atom stereocenters. The highest BCUT2D eigenvalue weighted by atomic mass is 32.1. The number of rotatable bonds is 3. The van der Waals surface area contributed by atoms with Gasteiger partial charge in [0.1, 0.15) is 0 Å². The highest BCUT2D eigenvalue weighted by Crippen LogP contribution is 2.49. The average Bonchev–Trinajstić information content (AvgIpc) is 3.00. The lowest BCUT2D eigenvalue weighted by Gasteiger charge is -2.37. The molecule has 5 nitrogen and oxygen atoms in total. The minimum atomic E-state index is -0.397. The highest BCUT2D eigenvalue weighted by Gasteiger charge is 2.40. The van der Waals surface area contributed by atoms with Gasteiger partial charge in [-0.25, -0.2) is 9.78 Å². The molecule has 1 aromatic carbocycles. The van der Waals surface area contributed by atoms with Gasteiger partial charge in [0.15, 0.2) is 5.13 Å². The first kappa shape index (κ1) is 17.7. The van der Waals surface area contributed by atoms with Crippen molar-refractivity contribution < 1.29 is 9.53 Å². The summed E-state index contributed by atoms with van der Waals surface area (Å²) in [4.78, 5) is 17.8. The lowest BCUT2D eigenvalue weighted by atomic mass is 9.69. The summed E-state index contributed by atoms with van der Waals surface area (Å²) in [7, 11) is 1.36. The maximum atomic E-state index is 11.6. The molecule has 0 radical (unpaired) electrons. The maximum absolute atomic E-state index is 11.6. The smallest absolute Gasteiger partial charge is 0.337 e. The summed E-state index contributed by atoms with van der Waals surface area (Å²) in [6, 6.07) is 5.11. The Bertz CT molecular complexity index is 791. The number of esters is 1. The summed E-state index contributed by atoms with van der Waals surface area (Å²) < 4.78 is 4.73. The van der Waals surface area contributed by atoms with Crippen LogP contribution >= 0.6 is 11.3 Å². The minimum Gasteiger partial charge on any atom is -0.465 e. The number of carbonyl (C=O) groups excluding carboxylic acids is 1. The number of anilines is 3. The molecule has 0 spiro atoms. The van der Waals surface area contributed by atoms with E-state index >= 15 is 0 Å². The van der Waals surface area contributed by atoms with Gasteiger partial charge >= 0.3 is 5.97 Å². The van der Waals surface area contributed by atoms with Crippen molar-refractivity contribution in [1.82, 2.24) is 4.98 Å². The molecule has 0 unspecified atom stereocenters. The van der Waals surface area contributed by atoms with Gasteiger partial charge in [-0.1, -0.05) is 27.7 Å². The third-order valence-electron chi connectivity index (χ3n) is 4.97. The van der Waals surface area contributed by atoms with E-state index in [-0.39, 0.29) is 10.8 Å². The Labute approximate surface area is 152 Å². The van der Waals surface area contributed by atoms with Crippen molar-refractivity contribution in [1.29, 1.82) is 0 Å². The number of hydrogen-bond donors (Lipinski definition) is 2. The van der Waals surface area contributed by atoms with Crippen LogP contribution in [-0.4, -0.2) is 18.1 Å². The van der Waals surface area contributed by atoms with Gasteiger partial charge < -0.3 is 15.8 Å². The van der Waals surface area contributed by atoms with Crippen LogP contribution < -0.4 is 11.1 Å². The third-order valence-corrected chi connectivity index (χ3v) is 6.31. The van der Waals surface area contributed by atoms with Crippen LogP contribution in [0.3, 0.4) is 0 Å². The Balaban J connectivity index is 1.93. The molecule has 3 rings (SSSR count). The first-order valence-corrected chi connectivity index (χ1v) is 9.22. The van der Waals surface area contributed by atoms with E-state index in [1.807, 2.05) is 0 Å². The summed E-state index contributed by atoms with van der Waals surface area (Å²) in [6.07, 6.45) is 2.29. The SMILES string of the molecule is COC(=O)c1ccc(Nc2nc3c(s2)C(C)(C)CCC3(C)C)c(N)c1. The van der Waals surface area contributed by atoms with Gasteiger partial charge in [0.2, 0.25) is 0 Å². The predicted octanol–water partition coefficient (Wildman–Crippen LogP) is 4.60. The van der Waals surface area contributed by atoms with E-state index in [0.717, 1.165) is 23.7 Å². The number of methoxy groups -OCH3 is 1. The van der Waals surface area contributed by atoms with Gasteiger partial charge in [0, 0.05) is 15.7 Å². The van der Waals surface area contributed by atoms with Gasteiger partial charge in [0.05, 0.1) is 29.7 Å². The minimum absolute atomic E-state index is 0.0849. The first-order chi connectivity index (χ1) is 11.6. The second-order valence-electron chi connectivity index (χ2n) is 7.88. The molecule has 0 amide bonds. The van der Waals surface area contributed by atoms with Crippen molar-refractivity contribution in [2.24, 2.45) is 0 Å². The van der Waals surface area contributed by atoms with E-state index in [2.05, 4.69) is 33.0 Å². The van der Waals surface area contributed by atoms with Gasteiger partial charge in [-0.2, -0.15) is 0 Å². The fourth-order valence-electron chi connectivity index (χ4n) is 3.18. The number of nitrogens with zero attached hydrogens (tertiary/aromatic N) is 1. The number of ether oxygens (including phenoxy) is 1. The van der Waals surface area contributed by atoms with Gasteiger partial charge in [-0.15, -0.1) is 11.3 Å².